The number of rotatable bonds is 3. The molecule has 1 aromatic rings. The van der Waals surface area contributed by atoms with Crippen LogP contribution in [0.2, 0.25) is 5.02 Å². The second kappa shape index (κ2) is 5.84. The largest absolute Gasteiger partial charge is 0.244 e. The summed E-state index contributed by atoms with van der Waals surface area (Å²) in [6.45, 7) is 0.352. The molecule has 0 N–H and O–H groups in total. The second-order valence-electron chi connectivity index (χ2n) is 4.27. The Hall–Kier alpha value is -1.20. The third-order valence-corrected chi connectivity index (χ3v) is 5.16. The molecule has 5 nitrogen and oxygen atoms in total. The van der Waals surface area contributed by atoms with Crippen LogP contribution in [0.25, 0.3) is 0 Å². The minimum atomic E-state index is -3.68. The molecule has 19 heavy (non-hydrogen) atoms. The summed E-state index contributed by atoms with van der Waals surface area (Å²) in [6, 6.07) is 6.07. The van der Waals surface area contributed by atoms with Crippen molar-refractivity contribution in [2.24, 2.45) is 4.99 Å². The normalized spacial score (nSPS) is 20.8. The standard InChI is InChI=1S/C12H13ClN2O3S/c13-10-4-3-5-11(8-10)19(17,18)15-7-2-1-6-12(15)14-9-16/h3-5,8,12H,1-2,6-7H2. The first-order valence-corrected chi connectivity index (χ1v) is 7.72. The summed E-state index contributed by atoms with van der Waals surface area (Å²) in [4.78, 5) is 14.1. The number of piperidine rings is 1. The van der Waals surface area contributed by atoms with Crippen LogP contribution in [0.1, 0.15) is 19.3 Å². The van der Waals surface area contributed by atoms with Gasteiger partial charge in [0, 0.05) is 11.6 Å². The summed E-state index contributed by atoms with van der Waals surface area (Å²) >= 11 is 5.82. The van der Waals surface area contributed by atoms with Gasteiger partial charge < -0.3 is 0 Å². The molecule has 0 amide bonds. The maximum Gasteiger partial charge on any atom is 0.244 e. The van der Waals surface area contributed by atoms with Crippen molar-refractivity contribution in [3.8, 4) is 0 Å². The lowest BCUT2D eigenvalue weighted by Crippen LogP contribution is -2.42. The van der Waals surface area contributed by atoms with Crippen molar-refractivity contribution in [2.45, 2.75) is 30.3 Å². The fourth-order valence-corrected chi connectivity index (χ4v) is 4.02. The number of sulfonamides is 1. The topological polar surface area (TPSA) is 66.8 Å². The first-order valence-electron chi connectivity index (χ1n) is 5.90. The first kappa shape index (κ1) is 14.2. The number of aliphatic imine (C=N–C) groups is 1. The van der Waals surface area contributed by atoms with Crippen LogP contribution in [0.5, 0.6) is 0 Å². The van der Waals surface area contributed by atoms with E-state index in [9.17, 15) is 13.2 Å². The van der Waals surface area contributed by atoms with E-state index < -0.39 is 16.2 Å². The van der Waals surface area contributed by atoms with Crippen molar-refractivity contribution in [3.05, 3.63) is 29.3 Å². The third-order valence-electron chi connectivity index (χ3n) is 3.03. The van der Waals surface area contributed by atoms with Crippen LogP contribution in [-0.4, -0.2) is 31.5 Å². The summed E-state index contributed by atoms with van der Waals surface area (Å²) in [5, 5.41) is 0.355. The smallest absolute Gasteiger partial charge is 0.211 e. The van der Waals surface area contributed by atoms with E-state index in [0.29, 0.717) is 18.0 Å². The van der Waals surface area contributed by atoms with E-state index in [0.717, 1.165) is 12.8 Å². The lowest BCUT2D eigenvalue weighted by Gasteiger charge is -2.31. The number of carbonyl (C=O) groups excluding carboxylic acids is 1. The van der Waals surface area contributed by atoms with E-state index in [2.05, 4.69) is 4.99 Å². The monoisotopic (exact) mass is 300 g/mol. The lowest BCUT2D eigenvalue weighted by molar-refractivity contribution is 0.259. The van der Waals surface area contributed by atoms with Gasteiger partial charge in [-0.05, 0) is 37.5 Å². The Bertz CT molecular complexity index is 611. The molecule has 1 fully saturated rings. The van der Waals surface area contributed by atoms with Gasteiger partial charge in [0.2, 0.25) is 16.1 Å². The van der Waals surface area contributed by atoms with Gasteiger partial charge in [-0.25, -0.2) is 13.2 Å². The zero-order valence-electron chi connectivity index (χ0n) is 10.1. The molecular weight excluding hydrogens is 288 g/mol. The van der Waals surface area contributed by atoms with Crippen molar-refractivity contribution in [2.75, 3.05) is 6.54 Å². The predicted octanol–water partition coefficient (Wildman–Crippen LogP) is 2.18. The molecule has 1 heterocycles. The summed E-state index contributed by atoms with van der Waals surface area (Å²) < 4.78 is 26.2. The quantitative estimate of drug-likeness (QED) is 0.635. The van der Waals surface area contributed by atoms with Crippen molar-refractivity contribution in [1.82, 2.24) is 4.31 Å². The van der Waals surface area contributed by atoms with Gasteiger partial charge in [-0.2, -0.15) is 9.30 Å². The highest BCUT2D eigenvalue weighted by molar-refractivity contribution is 7.89. The highest BCUT2D eigenvalue weighted by Gasteiger charge is 2.33. The zero-order valence-corrected chi connectivity index (χ0v) is 11.7. The van der Waals surface area contributed by atoms with E-state index in [1.807, 2.05) is 0 Å². The Labute approximate surface area is 116 Å². The lowest BCUT2D eigenvalue weighted by atomic mass is 10.1. The Balaban J connectivity index is 2.39. The van der Waals surface area contributed by atoms with Gasteiger partial charge in [-0.15, -0.1) is 0 Å². The van der Waals surface area contributed by atoms with Crippen molar-refractivity contribution in [3.63, 3.8) is 0 Å². The molecule has 1 saturated heterocycles. The third kappa shape index (κ3) is 3.04. The van der Waals surface area contributed by atoms with Gasteiger partial charge in [0.1, 0.15) is 6.17 Å². The minimum absolute atomic E-state index is 0.119. The molecule has 0 bridgehead atoms. The average Bonchev–Trinajstić information content (AvgIpc) is 2.39. The predicted molar refractivity (Wildman–Crippen MR) is 71.1 cm³/mol. The maximum atomic E-state index is 12.5. The molecule has 0 radical (unpaired) electrons. The number of hydrogen-bond acceptors (Lipinski definition) is 4. The minimum Gasteiger partial charge on any atom is -0.211 e. The molecule has 0 saturated carbocycles. The fourth-order valence-electron chi connectivity index (χ4n) is 2.12. The molecule has 7 heteroatoms. The molecule has 102 valence electrons. The average molecular weight is 301 g/mol. The number of halogens is 1. The number of benzene rings is 1. The second-order valence-corrected chi connectivity index (χ2v) is 6.60. The van der Waals surface area contributed by atoms with E-state index in [-0.39, 0.29) is 4.90 Å². The molecule has 0 spiro atoms. The highest BCUT2D eigenvalue weighted by atomic mass is 35.5. The van der Waals surface area contributed by atoms with Crippen LogP contribution in [0.3, 0.4) is 0 Å². The molecule has 1 aliphatic rings. The fraction of sp³-hybridized carbons (Fsp3) is 0.417. The molecule has 1 atom stereocenters. The summed E-state index contributed by atoms with van der Waals surface area (Å²) in [6.07, 6.45) is 2.92. The Morgan fingerprint density at radius 1 is 1.37 bits per heavy atom. The molecule has 1 aliphatic heterocycles. The maximum absolute atomic E-state index is 12.5. The highest BCUT2D eigenvalue weighted by Crippen LogP contribution is 2.26. The molecule has 1 unspecified atom stereocenters. The zero-order chi connectivity index (χ0) is 13.9. The summed E-state index contributed by atoms with van der Waals surface area (Å²) in [7, 11) is -3.68. The molecule has 0 aromatic heterocycles. The van der Waals surface area contributed by atoms with E-state index in [4.69, 9.17) is 11.6 Å². The van der Waals surface area contributed by atoms with Gasteiger partial charge in [0.05, 0.1) is 4.90 Å². The Kier molecular flexibility index (Phi) is 4.37. The van der Waals surface area contributed by atoms with Crippen LogP contribution in [-0.2, 0) is 14.8 Å². The van der Waals surface area contributed by atoms with E-state index in [1.54, 1.807) is 12.1 Å². The van der Waals surface area contributed by atoms with E-state index >= 15 is 0 Å². The van der Waals surface area contributed by atoms with Crippen LogP contribution < -0.4 is 0 Å². The summed E-state index contributed by atoms with van der Waals surface area (Å²) in [5.41, 5.74) is 0. The molecular formula is C12H13ClN2O3S. The first-order chi connectivity index (χ1) is 9.05. The summed E-state index contributed by atoms with van der Waals surface area (Å²) in [5.74, 6) is 0. The SMILES string of the molecule is O=C=NC1CCCCN1S(=O)(=O)c1cccc(Cl)c1. The Morgan fingerprint density at radius 2 is 2.16 bits per heavy atom. The molecule has 1 aromatic carbocycles. The van der Waals surface area contributed by atoms with Crippen LogP contribution >= 0.6 is 11.6 Å². The number of isocyanates is 1. The van der Waals surface area contributed by atoms with Crippen LogP contribution in [0.4, 0.5) is 0 Å². The van der Waals surface area contributed by atoms with Gasteiger partial charge in [0.25, 0.3) is 0 Å². The van der Waals surface area contributed by atoms with Gasteiger partial charge >= 0.3 is 0 Å². The number of nitrogens with zero attached hydrogens (tertiary/aromatic N) is 2. The van der Waals surface area contributed by atoms with Gasteiger partial charge in [0.15, 0.2) is 0 Å². The van der Waals surface area contributed by atoms with Crippen molar-refractivity contribution in [1.29, 1.82) is 0 Å². The van der Waals surface area contributed by atoms with Crippen LogP contribution in [0.15, 0.2) is 34.2 Å². The number of hydrogen-bond donors (Lipinski definition) is 0. The van der Waals surface area contributed by atoms with E-state index in [1.165, 1.54) is 22.5 Å². The van der Waals surface area contributed by atoms with Crippen molar-refractivity contribution >= 4 is 27.7 Å². The molecule has 0 aliphatic carbocycles. The Morgan fingerprint density at radius 3 is 2.84 bits per heavy atom. The van der Waals surface area contributed by atoms with Gasteiger partial charge in [-0.3, -0.25) is 0 Å². The van der Waals surface area contributed by atoms with Crippen molar-refractivity contribution < 1.29 is 13.2 Å². The van der Waals surface area contributed by atoms with Crippen LogP contribution in [0, 0.1) is 0 Å². The van der Waals surface area contributed by atoms with Gasteiger partial charge in [-0.1, -0.05) is 17.7 Å². The molecule has 2 rings (SSSR count).